The van der Waals surface area contributed by atoms with Crippen LogP contribution < -0.4 is 0 Å². The summed E-state index contributed by atoms with van der Waals surface area (Å²) in [4.78, 5) is 0. The Morgan fingerprint density at radius 3 is 2.55 bits per heavy atom. The van der Waals surface area contributed by atoms with Gasteiger partial charge in [-0.3, -0.25) is 0 Å². The number of hydrogen-bond acceptors (Lipinski definition) is 2. The maximum Gasteiger partial charge on any atom is 0.0618 e. The van der Waals surface area contributed by atoms with Gasteiger partial charge in [0.25, 0.3) is 0 Å². The second-order valence-electron chi connectivity index (χ2n) is 3.64. The topological polar surface area (TPSA) is 40.5 Å². The van der Waals surface area contributed by atoms with E-state index in [2.05, 4.69) is 0 Å². The van der Waals surface area contributed by atoms with Gasteiger partial charge in [0.15, 0.2) is 0 Å². The van der Waals surface area contributed by atoms with E-state index in [1.165, 1.54) is 0 Å². The molecule has 1 rings (SSSR count). The van der Waals surface area contributed by atoms with Crippen LogP contribution in [0.25, 0.3) is 0 Å². The minimum atomic E-state index is -0.272. The zero-order valence-corrected chi connectivity index (χ0v) is 7.21. The molecule has 1 aliphatic rings. The van der Waals surface area contributed by atoms with Crippen LogP contribution in [-0.2, 0) is 0 Å². The van der Waals surface area contributed by atoms with Crippen LogP contribution in [0.2, 0.25) is 0 Å². The summed E-state index contributed by atoms with van der Waals surface area (Å²) in [6.07, 6.45) is 4.75. The Morgan fingerprint density at radius 1 is 1.45 bits per heavy atom. The van der Waals surface area contributed by atoms with E-state index in [1.54, 1.807) is 0 Å². The smallest absolute Gasteiger partial charge is 0.0618 e. The molecule has 2 N–H and O–H groups in total. The molecule has 0 aromatic heterocycles. The summed E-state index contributed by atoms with van der Waals surface area (Å²) in [7, 11) is 0. The van der Waals surface area contributed by atoms with Crippen LogP contribution in [0, 0.1) is 5.41 Å². The molecule has 11 heavy (non-hydrogen) atoms. The standard InChI is InChI=1S/C9H18O2/c1-2-9(7-10)6-4-3-5-8(9)11/h8,10-11H,2-7H2,1H3. The fourth-order valence-corrected chi connectivity index (χ4v) is 2.00. The second kappa shape index (κ2) is 3.55. The van der Waals surface area contributed by atoms with E-state index in [1.807, 2.05) is 6.92 Å². The average Bonchev–Trinajstić information content (AvgIpc) is 2.06. The first-order chi connectivity index (χ1) is 5.25. The SMILES string of the molecule is CCC1(CO)CCCCC1O. The average molecular weight is 158 g/mol. The van der Waals surface area contributed by atoms with E-state index in [-0.39, 0.29) is 18.1 Å². The molecule has 0 heterocycles. The maximum atomic E-state index is 9.66. The number of aliphatic hydroxyl groups is 2. The zero-order valence-electron chi connectivity index (χ0n) is 7.21. The van der Waals surface area contributed by atoms with Crippen LogP contribution in [0.4, 0.5) is 0 Å². The van der Waals surface area contributed by atoms with Crippen molar-refractivity contribution in [3.63, 3.8) is 0 Å². The van der Waals surface area contributed by atoms with E-state index in [4.69, 9.17) is 5.11 Å². The highest BCUT2D eigenvalue weighted by molar-refractivity contribution is 4.88. The van der Waals surface area contributed by atoms with Crippen LogP contribution in [0.1, 0.15) is 39.0 Å². The molecule has 0 aromatic rings. The van der Waals surface area contributed by atoms with Crippen LogP contribution in [-0.4, -0.2) is 22.9 Å². The molecule has 0 radical (unpaired) electrons. The van der Waals surface area contributed by atoms with Crippen molar-refractivity contribution >= 4 is 0 Å². The van der Waals surface area contributed by atoms with Crippen molar-refractivity contribution in [3.8, 4) is 0 Å². The second-order valence-corrected chi connectivity index (χ2v) is 3.64. The van der Waals surface area contributed by atoms with Gasteiger partial charge in [-0.15, -0.1) is 0 Å². The van der Waals surface area contributed by atoms with Crippen LogP contribution >= 0.6 is 0 Å². The molecule has 2 atom stereocenters. The predicted octanol–water partition coefficient (Wildman–Crippen LogP) is 1.31. The van der Waals surface area contributed by atoms with E-state index in [9.17, 15) is 5.11 Å². The van der Waals surface area contributed by atoms with Gasteiger partial charge in [0.05, 0.1) is 12.7 Å². The lowest BCUT2D eigenvalue weighted by Crippen LogP contribution is -2.40. The lowest BCUT2D eigenvalue weighted by Gasteiger charge is -2.39. The quantitative estimate of drug-likeness (QED) is 0.636. The Kier molecular flexibility index (Phi) is 2.90. The third-order valence-corrected chi connectivity index (χ3v) is 3.13. The molecule has 2 heteroatoms. The fraction of sp³-hybridized carbons (Fsp3) is 1.00. The molecular formula is C9H18O2. The number of hydrogen-bond donors (Lipinski definition) is 2. The minimum Gasteiger partial charge on any atom is -0.396 e. The summed E-state index contributed by atoms with van der Waals surface area (Å²) < 4.78 is 0. The van der Waals surface area contributed by atoms with Gasteiger partial charge in [0.2, 0.25) is 0 Å². The van der Waals surface area contributed by atoms with Gasteiger partial charge in [-0.25, -0.2) is 0 Å². The summed E-state index contributed by atoms with van der Waals surface area (Å²) in [5.41, 5.74) is -0.168. The van der Waals surface area contributed by atoms with Gasteiger partial charge in [-0.05, 0) is 19.3 Å². The highest BCUT2D eigenvalue weighted by atomic mass is 16.3. The number of aliphatic hydroxyl groups excluding tert-OH is 2. The number of rotatable bonds is 2. The monoisotopic (exact) mass is 158 g/mol. The molecule has 1 fully saturated rings. The van der Waals surface area contributed by atoms with Crippen molar-refractivity contribution in [2.45, 2.75) is 45.1 Å². The summed E-state index contributed by atoms with van der Waals surface area (Å²) >= 11 is 0. The van der Waals surface area contributed by atoms with Crippen molar-refractivity contribution in [2.24, 2.45) is 5.41 Å². The van der Waals surface area contributed by atoms with Gasteiger partial charge >= 0.3 is 0 Å². The normalized spacial score (nSPS) is 39.0. The molecule has 0 aliphatic heterocycles. The van der Waals surface area contributed by atoms with Crippen molar-refractivity contribution in [2.75, 3.05) is 6.61 Å². The molecule has 0 spiro atoms. The summed E-state index contributed by atoms with van der Waals surface area (Å²) in [6.45, 7) is 2.19. The van der Waals surface area contributed by atoms with Gasteiger partial charge in [-0.2, -0.15) is 0 Å². The van der Waals surface area contributed by atoms with E-state index in [0.717, 1.165) is 32.1 Å². The molecule has 0 bridgehead atoms. The van der Waals surface area contributed by atoms with Crippen molar-refractivity contribution in [1.82, 2.24) is 0 Å². The first-order valence-corrected chi connectivity index (χ1v) is 4.54. The molecular weight excluding hydrogens is 140 g/mol. The Morgan fingerprint density at radius 2 is 2.18 bits per heavy atom. The van der Waals surface area contributed by atoms with Gasteiger partial charge in [-0.1, -0.05) is 19.8 Å². The third kappa shape index (κ3) is 1.57. The van der Waals surface area contributed by atoms with E-state index in [0.29, 0.717) is 0 Å². The summed E-state index contributed by atoms with van der Waals surface area (Å²) in [5, 5.41) is 18.8. The molecule has 2 unspecified atom stereocenters. The Labute approximate surface area is 68.2 Å². The molecule has 0 aromatic carbocycles. The van der Waals surface area contributed by atoms with Crippen LogP contribution in [0.15, 0.2) is 0 Å². The molecule has 0 amide bonds. The highest BCUT2D eigenvalue weighted by Gasteiger charge is 2.37. The van der Waals surface area contributed by atoms with Crippen molar-refractivity contribution in [1.29, 1.82) is 0 Å². The molecule has 1 aliphatic carbocycles. The minimum absolute atomic E-state index is 0.144. The van der Waals surface area contributed by atoms with Gasteiger partial charge in [0, 0.05) is 5.41 Å². The van der Waals surface area contributed by atoms with Crippen LogP contribution in [0.3, 0.4) is 0 Å². The first-order valence-electron chi connectivity index (χ1n) is 4.54. The van der Waals surface area contributed by atoms with Crippen molar-refractivity contribution < 1.29 is 10.2 Å². The van der Waals surface area contributed by atoms with Gasteiger partial charge < -0.3 is 10.2 Å². The van der Waals surface area contributed by atoms with E-state index >= 15 is 0 Å². The maximum absolute atomic E-state index is 9.66. The molecule has 66 valence electrons. The third-order valence-electron chi connectivity index (χ3n) is 3.13. The Balaban J connectivity index is 2.61. The Hall–Kier alpha value is -0.0800. The summed E-state index contributed by atoms with van der Waals surface area (Å²) in [6, 6.07) is 0. The van der Waals surface area contributed by atoms with Gasteiger partial charge in [0.1, 0.15) is 0 Å². The van der Waals surface area contributed by atoms with Crippen molar-refractivity contribution in [3.05, 3.63) is 0 Å². The fourth-order valence-electron chi connectivity index (χ4n) is 2.00. The summed E-state index contributed by atoms with van der Waals surface area (Å²) in [5.74, 6) is 0. The first kappa shape index (κ1) is 9.01. The molecule has 0 saturated heterocycles. The highest BCUT2D eigenvalue weighted by Crippen LogP contribution is 2.38. The largest absolute Gasteiger partial charge is 0.396 e. The predicted molar refractivity (Wildman–Crippen MR) is 44.3 cm³/mol. The molecule has 2 nitrogen and oxygen atoms in total. The lowest BCUT2D eigenvalue weighted by atomic mass is 9.71. The molecule has 1 saturated carbocycles. The van der Waals surface area contributed by atoms with Crippen LogP contribution in [0.5, 0.6) is 0 Å². The lowest BCUT2D eigenvalue weighted by molar-refractivity contribution is -0.0498. The zero-order chi connectivity index (χ0) is 8.32. The van der Waals surface area contributed by atoms with E-state index < -0.39 is 0 Å². The Bertz CT molecular complexity index is 119.